The SMILES string of the molecule is COc1ccc(C)c(F)c1Cn1cc(C(=O)NCCF)c2ncccc21. The van der Waals surface area contributed by atoms with Crippen LogP contribution in [0.3, 0.4) is 0 Å². The number of hydrogen-bond acceptors (Lipinski definition) is 3. The number of halogens is 2. The highest BCUT2D eigenvalue weighted by molar-refractivity contribution is 6.05. The summed E-state index contributed by atoms with van der Waals surface area (Å²) >= 11 is 0. The standard InChI is InChI=1S/C19H19F2N3O2/c1-12-5-6-16(26-2)13(17(12)21)10-24-11-14(19(25)23-9-7-20)18-15(24)4-3-8-22-18/h3-6,8,11H,7,9-10H2,1-2H3,(H,23,25). The van der Waals surface area contributed by atoms with E-state index in [1.807, 2.05) is 0 Å². The Bertz CT molecular complexity index is 953. The number of methoxy groups -OCH3 is 1. The molecule has 7 heteroatoms. The van der Waals surface area contributed by atoms with Gasteiger partial charge in [0.25, 0.3) is 5.91 Å². The van der Waals surface area contributed by atoms with E-state index in [0.29, 0.717) is 33.5 Å². The van der Waals surface area contributed by atoms with Crippen LogP contribution < -0.4 is 10.1 Å². The van der Waals surface area contributed by atoms with Gasteiger partial charge in [0.05, 0.1) is 24.7 Å². The van der Waals surface area contributed by atoms with Gasteiger partial charge < -0.3 is 14.6 Å². The molecule has 0 atom stereocenters. The molecule has 0 fully saturated rings. The first kappa shape index (κ1) is 17.8. The Morgan fingerprint density at radius 2 is 2.15 bits per heavy atom. The summed E-state index contributed by atoms with van der Waals surface area (Å²) < 4.78 is 34.0. The van der Waals surface area contributed by atoms with Gasteiger partial charge in [-0.3, -0.25) is 9.78 Å². The number of aryl methyl sites for hydroxylation is 1. The van der Waals surface area contributed by atoms with Crippen molar-refractivity contribution in [2.24, 2.45) is 0 Å². The third-order valence-electron chi connectivity index (χ3n) is 4.20. The molecule has 0 bridgehead atoms. The van der Waals surface area contributed by atoms with Crippen LogP contribution in [0.5, 0.6) is 5.75 Å². The highest BCUT2D eigenvalue weighted by atomic mass is 19.1. The number of amides is 1. The summed E-state index contributed by atoms with van der Waals surface area (Å²) in [5, 5.41) is 2.49. The van der Waals surface area contributed by atoms with Gasteiger partial charge in [0, 0.05) is 24.5 Å². The molecule has 26 heavy (non-hydrogen) atoms. The van der Waals surface area contributed by atoms with Crippen LogP contribution in [0.4, 0.5) is 8.78 Å². The predicted molar refractivity (Wildman–Crippen MR) is 94.8 cm³/mol. The molecule has 2 heterocycles. The van der Waals surface area contributed by atoms with E-state index in [0.717, 1.165) is 0 Å². The number of hydrogen-bond donors (Lipinski definition) is 1. The lowest BCUT2D eigenvalue weighted by Crippen LogP contribution is -2.25. The Balaban J connectivity index is 2.07. The van der Waals surface area contributed by atoms with Gasteiger partial charge in [0.2, 0.25) is 0 Å². The van der Waals surface area contributed by atoms with Crippen LogP contribution >= 0.6 is 0 Å². The van der Waals surface area contributed by atoms with Gasteiger partial charge in [-0.25, -0.2) is 8.78 Å². The number of carbonyl (C=O) groups is 1. The fraction of sp³-hybridized carbons (Fsp3) is 0.263. The number of ether oxygens (including phenoxy) is 1. The van der Waals surface area contributed by atoms with Crippen molar-refractivity contribution in [2.45, 2.75) is 13.5 Å². The smallest absolute Gasteiger partial charge is 0.255 e. The maximum absolute atomic E-state index is 14.6. The second kappa shape index (κ2) is 7.51. The zero-order valence-electron chi connectivity index (χ0n) is 14.6. The Labute approximate surface area is 149 Å². The van der Waals surface area contributed by atoms with E-state index in [1.54, 1.807) is 48.1 Å². The highest BCUT2D eigenvalue weighted by Gasteiger charge is 2.19. The van der Waals surface area contributed by atoms with E-state index in [4.69, 9.17) is 4.74 Å². The molecule has 1 N–H and O–H groups in total. The van der Waals surface area contributed by atoms with Crippen molar-refractivity contribution in [1.29, 1.82) is 0 Å². The van der Waals surface area contributed by atoms with Crippen molar-refractivity contribution in [3.63, 3.8) is 0 Å². The second-order valence-corrected chi connectivity index (χ2v) is 5.86. The van der Waals surface area contributed by atoms with Crippen LogP contribution in [0.15, 0.2) is 36.7 Å². The summed E-state index contributed by atoms with van der Waals surface area (Å²) in [4.78, 5) is 16.6. The molecule has 0 unspecified atom stereocenters. The summed E-state index contributed by atoms with van der Waals surface area (Å²) in [7, 11) is 1.48. The zero-order chi connectivity index (χ0) is 18.7. The van der Waals surface area contributed by atoms with E-state index in [2.05, 4.69) is 10.3 Å². The summed E-state index contributed by atoms with van der Waals surface area (Å²) in [6.45, 7) is 1.14. The molecule has 0 aliphatic carbocycles. The minimum absolute atomic E-state index is 0.0708. The van der Waals surface area contributed by atoms with E-state index >= 15 is 0 Å². The lowest BCUT2D eigenvalue weighted by molar-refractivity contribution is 0.0952. The summed E-state index contributed by atoms with van der Waals surface area (Å²) in [6, 6.07) is 6.91. The topological polar surface area (TPSA) is 56.1 Å². The molecule has 2 aromatic heterocycles. The van der Waals surface area contributed by atoms with Gasteiger partial charge >= 0.3 is 0 Å². The Morgan fingerprint density at radius 3 is 2.88 bits per heavy atom. The molecule has 0 aliphatic rings. The predicted octanol–water partition coefficient (Wildman–Crippen LogP) is 3.24. The maximum atomic E-state index is 14.6. The average molecular weight is 359 g/mol. The van der Waals surface area contributed by atoms with Gasteiger partial charge in [-0.2, -0.15) is 0 Å². The first-order valence-electron chi connectivity index (χ1n) is 8.16. The van der Waals surface area contributed by atoms with Crippen LogP contribution in [-0.4, -0.2) is 35.8 Å². The van der Waals surface area contributed by atoms with Crippen LogP contribution in [-0.2, 0) is 6.54 Å². The van der Waals surface area contributed by atoms with Crippen molar-refractivity contribution in [1.82, 2.24) is 14.9 Å². The zero-order valence-corrected chi connectivity index (χ0v) is 14.6. The van der Waals surface area contributed by atoms with Crippen molar-refractivity contribution < 1.29 is 18.3 Å². The quantitative estimate of drug-likeness (QED) is 0.735. The number of aromatic nitrogens is 2. The number of benzene rings is 1. The number of carbonyl (C=O) groups excluding carboxylic acids is 1. The third kappa shape index (κ3) is 3.24. The van der Waals surface area contributed by atoms with Gasteiger partial charge in [0.1, 0.15) is 23.8 Å². The van der Waals surface area contributed by atoms with Crippen LogP contribution in [0.1, 0.15) is 21.5 Å². The molecule has 1 amide bonds. The Kier molecular flexibility index (Phi) is 5.16. The van der Waals surface area contributed by atoms with Crippen LogP contribution in [0.25, 0.3) is 11.0 Å². The highest BCUT2D eigenvalue weighted by Crippen LogP contribution is 2.27. The largest absolute Gasteiger partial charge is 0.496 e. The number of alkyl halides is 1. The van der Waals surface area contributed by atoms with E-state index in [9.17, 15) is 13.6 Å². The molecule has 1 aromatic carbocycles. The molecule has 0 spiro atoms. The molecular formula is C19H19F2N3O2. The number of rotatable bonds is 6. The number of pyridine rings is 1. The molecule has 3 rings (SSSR count). The fourth-order valence-corrected chi connectivity index (χ4v) is 2.91. The number of nitrogens with zero attached hydrogens (tertiary/aromatic N) is 2. The van der Waals surface area contributed by atoms with E-state index < -0.39 is 12.6 Å². The maximum Gasteiger partial charge on any atom is 0.255 e. The van der Waals surface area contributed by atoms with Gasteiger partial charge in [-0.15, -0.1) is 0 Å². The molecule has 136 valence electrons. The molecule has 5 nitrogen and oxygen atoms in total. The van der Waals surface area contributed by atoms with Crippen LogP contribution in [0.2, 0.25) is 0 Å². The van der Waals surface area contributed by atoms with Crippen molar-refractivity contribution >= 4 is 16.9 Å². The minimum atomic E-state index is -0.649. The monoisotopic (exact) mass is 359 g/mol. The van der Waals surface area contributed by atoms with Gasteiger partial charge in [0.15, 0.2) is 0 Å². The average Bonchev–Trinajstić information content (AvgIpc) is 3.02. The minimum Gasteiger partial charge on any atom is -0.496 e. The molecule has 0 radical (unpaired) electrons. The van der Waals surface area contributed by atoms with Crippen molar-refractivity contribution in [2.75, 3.05) is 20.3 Å². The normalized spacial score (nSPS) is 10.9. The molecule has 0 saturated carbocycles. The summed E-state index contributed by atoms with van der Waals surface area (Å²) in [5.74, 6) is -0.331. The summed E-state index contributed by atoms with van der Waals surface area (Å²) in [6.07, 6.45) is 3.18. The molecule has 3 aromatic rings. The van der Waals surface area contributed by atoms with Crippen molar-refractivity contribution in [3.8, 4) is 5.75 Å². The Hall–Kier alpha value is -2.96. The lowest BCUT2D eigenvalue weighted by Gasteiger charge is -2.13. The van der Waals surface area contributed by atoms with E-state index in [1.165, 1.54) is 7.11 Å². The summed E-state index contributed by atoms with van der Waals surface area (Å²) in [5.41, 5.74) is 2.39. The second-order valence-electron chi connectivity index (χ2n) is 5.86. The number of fused-ring (bicyclic) bond motifs is 1. The first-order chi connectivity index (χ1) is 12.6. The van der Waals surface area contributed by atoms with Gasteiger partial charge in [-0.1, -0.05) is 6.07 Å². The third-order valence-corrected chi connectivity index (χ3v) is 4.20. The fourth-order valence-electron chi connectivity index (χ4n) is 2.91. The van der Waals surface area contributed by atoms with Crippen molar-refractivity contribution in [3.05, 3.63) is 59.2 Å². The first-order valence-corrected chi connectivity index (χ1v) is 8.16. The Morgan fingerprint density at radius 1 is 1.35 bits per heavy atom. The van der Waals surface area contributed by atoms with Gasteiger partial charge in [-0.05, 0) is 30.7 Å². The lowest BCUT2D eigenvalue weighted by atomic mass is 10.1. The molecular weight excluding hydrogens is 340 g/mol. The molecule has 0 saturated heterocycles. The number of nitrogens with one attached hydrogen (secondary N) is 1. The van der Waals surface area contributed by atoms with E-state index in [-0.39, 0.29) is 18.9 Å². The van der Waals surface area contributed by atoms with Crippen LogP contribution in [0, 0.1) is 12.7 Å². The molecule has 0 aliphatic heterocycles.